The van der Waals surface area contributed by atoms with Gasteiger partial charge in [0.25, 0.3) is 0 Å². The van der Waals surface area contributed by atoms with Gasteiger partial charge in [-0.05, 0) is 45.3 Å². The second-order valence-corrected chi connectivity index (χ2v) is 5.61. The van der Waals surface area contributed by atoms with Crippen LogP contribution in [0.25, 0.3) is 0 Å². The summed E-state index contributed by atoms with van der Waals surface area (Å²) in [6, 6.07) is 0.758. The summed E-state index contributed by atoms with van der Waals surface area (Å²) in [5, 5.41) is 0. The lowest BCUT2D eigenvalue weighted by atomic mass is 10.1. The molecule has 0 amide bonds. The Morgan fingerprint density at radius 1 is 1.33 bits per heavy atom. The Bertz CT molecular complexity index is 237. The van der Waals surface area contributed by atoms with Gasteiger partial charge in [0, 0.05) is 25.7 Å². The summed E-state index contributed by atoms with van der Waals surface area (Å²) in [6.07, 6.45) is 5.54. The molecule has 4 nitrogen and oxygen atoms in total. The maximum absolute atomic E-state index is 5.92. The molecule has 2 fully saturated rings. The molecule has 106 valence electrons. The van der Waals surface area contributed by atoms with Crippen LogP contribution >= 0.6 is 0 Å². The molecule has 18 heavy (non-hydrogen) atoms. The van der Waals surface area contributed by atoms with E-state index in [-0.39, 0.29) is 0 Å². The molecule has 0 aromatic heterocycles. The Balaban J connectivity index is 1.76. The van der Waals surface area contributed by atoms with Gasteiger partial charge in [0.05, 0.1) is 12.7 Å². The Labute approximate surface area is 111 Å². The molecule has 2 saturated heterocycles. The molecule has 4 heteroatoms. The number of hydrogen-bond acceptors (Lipinski definition) is 4. The predicted molar refractivity (Wildman–Crippen MR) is 74.7 cm³/mol. The van der Waals surface area contributed by atoms with Crippen molar-refractivity contribution < 1.29 is 4.74 Å². The number of rotatable bonds is 6. The van der Waals surface area contributed by atoms with Crippen molar-refractivity contribution in [3.05, 3.63) is 0 Å². The molecule has 0 bridgehead atoms. The van der Waals surface area contributed by atoms with E-state index in [1.165, 1.54) is 25.8 Å². The third kappa shape index (κ3) is 3.92. The molecule has 2 unspecified atom stereocenters. The largest absolute Gasteiger partial charge is 0.374 e. The third-order valence-corrected chi connectivity index (χ3v) is 4.35. The van der Waals surface area contributed by atoms with E-state index in [4.69, 9.17) is 10.5 Å². The maximum Gasteiger partial charge on any atom is 0.0829 e. The number of ether oxygens (including phenoxy) is 1. The third-order valence-electron chi connectivity index (χ3n) is 4.35. The van der Waals surface area contributed by atoms with E-state index < -0.39 is 0 Å². The Hall–Kier alpha value is -0.160. The smallest absolute Gasteiger partial charge is 0.0829 e. The number of morpholine rings is 1. The summed E-state index contributed by atoms with van der Waals surface area (Å²) >= 11 is 0. The molecule has 0 spiro atoms. The molecular weight excluding hydrogens is 226 g/mol. The van der Waals surface area contributed by atoms with Crippen molar-refractivity contribution in [3.8, 4) is 0 Å². The molecule has 0 saturated carbocycles. The maximum atomic E-state index is 5.92. The van der Waals surface area contributed by atoms with Crippen molar-refractivity contribution >= 4 is 0 Å². The number of nitrogens with two attached hydrogens (primary N) is 1. The van der Waals surface area contributed by atoms with Crippen molar-refractivity contribution in [2.75, 3.05) is 45.9 Å². The van der Waals surface area contributed by atoms with Crippen molar-refractivity contribution in [1.82, 2.24) is 9.80 Å². The van der Waals surface area contributed by atoms with E-state index in [1.54, 1.807) is 0 Å². The molecule has 2 aliphatic rings. The first-order valence-corrected chi connectivity index (χ1v) is 7.61. The van der Waals surface area contributed by atoms with Crippen LogP contribution in [-0.4, -0.2) is 67.8 Å². The zero-order chi connectivity index (χ0) is 12.8. The second kappa shape index (κ2) is 7.43. The highest BCUT2D eigenvalue weighted by Gasteiger charge is 2.28. The molecule has 2 heterocycles. The molecule has 0 aromatic carbocycles. The van der Waals surface area contributed by atoms with Crippen molar-refractivity contribution in [2.24, 2.45) is 5.73 Å². The standard InChI is InChI=1S/C14H29N3O/c1-2-16-9-10-18-14(11-16)12-17-8-4-6-13(17)5-3-7-15/h13-14H,2-12,15H2,1H3. The summed E-state index contributed by atoms with van der Waals surface area (Å²) in [5.74, 6) is 0. The quantitative estimate of drug-likeness (QED) is 0.766. The molecule has 0 aromatic rings. The lowest BCUT2D eigenvalue weighted by Crippen LogP contribution is -2.48. The van der Waals surface area contributed by atoms with E-state index in [2.05, 4.69) is 16.7 Å². The van der Waals surface area contributed by atoms with E-state index >= 15 is 0 Å². The topological polar surface area (TPSA) is 41.7 Å². The monoisotopic (exact) mass is 255 g/mol. The zero-order valence-electron chi connectivity index (χ0n) is 11.8. The van der Waals surface area contributed by atoms with E-state index in [9.17, 15) is 0 Å². The first-order valence-electron chi connectivity index (χ1n) is 7.61. The summed E-state index contributed by atoms with van der Waals surface area (Å²) in [5.41, 5.74) is 5.62. The highest BCUT2D eigenvalue weighted by molar-refractivity contribution is 4.83. The molecule has 2 aliphatic heterocycles. The van der Waals surface area contributed by atoms with Gasteiger partial charge in [-0.15, -0.1) is 0 Å². The van der Waals surface area contributed by atoms with E-state index in [1.807, 2.05) is 0 Å². The average Bonchev–Trinajstić information content (AvgIpc) is 2.84. The van der Waals surface area contributed by atoms with Gasteiger partial charge >= 0.3 is 0 Å². The minimum Gasteiger partial charge on any atom is -0.374 e. The Morgan fingerprint density at radius 3 is 3.00 bits per heavy atom. The van der Waals surface area contributed by atoms with Gasteiger partial charge in [-0.25, -0.2) is 0 Å². The molecule has 0 aliphatic carbocycles. The number of hydrogen-bond donors (Lipinski definition) is 1. The highest BCUT2D eigenvalue weighted by Crippen LogP contribution is 2.22. The molecule has 0 radical (unpaired) electrons. The van der Waals surface area contributed by atoms with Crippen LogP contribution in [0.1, 0.15) is 32.6 Å². The first-order chi connectivity index (χ1) is 8.83. The molecular formula is C14H29N3O. The Kier molecular flexibility index (Phi) is 5.89. The van der Waals surface area contributed by atoms with Gasteiger partial charge in [0.15, 0.2) is 0 Å². The number of likely N-dealkylation sites (N-methyl/N-ethyl adjacent to an activating group) is 1. The van der Waals surface area contributed by atoms with Crippen molar-refractivity contribution in [2.45, 2.75) is 44.8 Å². The fourth-order valence-corrected chi connectivity index (χ4v) is 3.26. The Morgan fingerprint density at radius 2 is 2.22 bits per heavy atom. The minimum atomic E-state index is 0.414. The normalized spacial score (nSPS) is 31.0. The van der Waals surface area contributed by atoms with Crippen LogP contribution in [0.2, 0.25) is 0 Å². The van der Waals surface area contributed by atoms with E-state index in [0.29, 0.717) is 6.10 Å². The van der Waals surface area contributed by atoms with Crippen LogP contribution in [0.3, 0.4) is 0 Å². The van der Waals surface area contributed by atoms with Gasteiger partial charge in [-0.1, -0.05) is 6.92 Å². The number of likely N-dealkylation sites (tertiary alicyclic amines) is 1. The number of nitrogens with zero attached hydrogens (tertiary/aromatic N) is 2. The summed E-state index contributed by atoms with van der Waals surface area (Å²) in [6.45, 7) is 9.69. The van der Waals surface area contributed by atoms with Crippen molar-refractivity contribution in [1.29, 1.82) is 0 Å². The fourth-order valence-electron chi connectivity index (χ4n) is 3.26. The molecule has 2 rings (SSSR count). The van der Waals surface area contributed by atoms with Crippen LogP contribution in [-0.2, 0) is 4.74 Å². The highest BCUT2D eigenvalue weighted by atomic mass is 16.5. The van der Waals surface area contributed by atoms with E-state index in [0.717, 1.165) is 51.8 Å². The van der Waals surface area contributed by atoms with Gasteiger partial charge in [0.1, 0.15) is 0 Å². The SMILES string of the molecule is CCN1CCOC(CN2CCCC2CCCN)C1. The van der Waals surface area contributed by atoms with Crippen LogP contribution in [0.5, 0.6) is 0 Å². The van der Waals surface area contributed by atoms with Crippen LogP contribution < -0.4 is 5.73 Å². The summed E-state index contributed by atoms with van der Waals surface area (Å²) < 4.78 is 5.92. The lowest BCUT2D eigenvalue weighted by molar-refractivity contribution is -0.0436. The zero-order valence-corrected chi connectivity index (χ0v) is 11.8. The lowest BCUT2D eigenvalue weighted by Gasteiger charge is -2.35. The minimum absolute atomic E-state index is 0.414. The van der Waals surface area contributed by atoms with Crippen LogP contribution in [0.4, 0.5) is 0 Å². The van der Waals surface area contributed by atoms with Crippen molar-refractivity contribution in [3.63, 3.8) is 0 Å². The summed E-state index contributed by atoms with van der Waals surface area (Å²) in [7, 11) is 0. The van der Waals surface area contributed by atoms with Gasteiger partial charge in [-0.3, -0.25) is 9.80 Å². The second-order valence-electron chi connectivity index (χ2n) is 5.61. The predicted octanol–water partition coefficient (Wildman–Crippen LogP) is 0.910. The van der Waals surface area contributed by atoms with Gasteiger partial charge in [-0.2, -0.15) is 0 Å². The first kappa shape index (κ1) is 14.3. The van der Waals surface area contributed by atoms with Crippen LogP contribution in [0, 0.1) is 0 Å². The molecule has 2 atom stereocenters. The molecule has 2 N–H and O–H groups in total. The average molecular weight is 255 g/mol. The summed E-state index contributed by atoms with van der Waals surface area (Å²) in [4.78, 5) is 5.14. The van der Waals surface area contributed by atoms with Gasteiger partial charge in [0.2, 0.25) is 0 Å². The van der Waals surface area contributed by atoms with Gasteiger partial charge < -0.3 is 10.5 Å². The fraction of sp³-hybridized carbons (Fsp3) is 1.00. The van der Waals surface area contributed by atoms with Crippen LogP contribution in [0.15, 0.2) is 0 Å².